The number of aromatic nitrogens is 2. The maximum atomic E-state index is 12.5. The van der Waals surface area contributed by atoms with Crippen molar-refractivity contribution in [1.82, 2.24) is 19.4 Å². The van der Waals surface area contributed by atoms with Gasteiger partial charge in [-0.25, -0.2) is 4.98 Å². The molecule has 1 amide bonds. The molecule has 1 saturated heterocycles. The highest BCUT2D eigenvalue weighted by atomic mass is 16.5. The number of piperazine rings is 1. The van der Waals surface area contributed by atoms with Crippen LogP contribution in [0.1, 0.15) is 18.1 Å². The zero-order chi connectivity index (χ0) is 27.1. The van der Waals surface area contributed by atoms with Gasteiger partial charge >= 0.3 is 0 Å². The van der Waals surface area contributed by atoms with Crippen LogP contribution in [0, 0.1) is 0 Å². The SMILES string of the molecule is C[C@@H]1CN(C)C(=O)CN1CCOc1ccc(-c2ccc3cc(-c4cn(C)c(=O)c5c4C=CC5)ccc3n2)cc1. The Morgan fingerprint density at radius 2 is 1.79 bits per heavy atom. The van der Waals surface area contributed by atoms with Crippen LogP contribution >= 0.6 is 0 Å². The second kappa shape index (κ2) is 10.2. The van der Waals surface area contributed by atoms with Crippen LogP contribution in [0.5, 0.6) is 5.75 Å². The van der Waals surface area contributed by atoms with Gasteiger partial charge in [-0.05, 0) is 66.9 Å². The molecule has 0 unspecified atom stereocenters. The van der Waals surface area contributed by atoms with Gasteiger partial charge in [-0.2, -0.15) is 0 Å². The first kappa shape index (κ1) is 25.1. The van der Waals surface area contributed by atoms with E-state index in [4.69, 9.17) is 9.72 Å². The topological polar surface area (TPSA) is 67.7 Å². The fraction of sp³-hybridized carbons (Fsp3) is 0.281. The summed E-state index contributed by atoms with van der Waals surface area (Å²) in [6.45, 7) is 4.59. The van der Waals surface area contributed by atoms with Crippen molar-refractivity contribution in [2.24, 2.45) is 7.05 Å². The Labute approximate surface area is 228 Å². The number of ether oxygens (including phenoxy) is 1. The number of pyridine rings is 2. The molecule has 0 radical (unpaired) electrons. The Morgan fingerprint density at radius 1 is 1.00 bits per heavy atom. The molecule has 39 heavy (non-hydrogen) atoms. The first-order chi connectivity index (χ1) is 18.9. The molecule has 0 spiro atoms. The number of rotatable bonds is 6. The lowest BCUT2D eigenvalue weighted by Crippen LogP contribution is -2.54. The van der Waals surface area contributed by atoms with Crippen molar-refractivity contribution >= 4 is 22.9 Å². The first-order valence-corrected chi connectivity index (χ1v) is 13.4. The van der Waals surface area contributed by atoms with Crippen LogP contribution in [-0.4, -0.2) is 64.6 Å². The molecular formula is C32H32N4O3. The summed E-state index contributed by atoms with van der Waals surface area (Å²) in [6.07, 6.45) is 6.72. The van der Waals surface area contributed by atoms with E-state index in [1.165, 1.54) is 0 Å². The standard InChI is InChI=1S/C32H32N4O3/c1-21-18-34(2)31(37)20-36(21)15-16-39-25-11-7-22(8-12-25)29-14-10-24-17-23(9-13-30(24)33-29)28-19-35(3)32(38)27-6-4-5-26(27)28/h4-5,7-14,17,19,21H,6,15-16,18,20H2,1-3H3/t21-/m1/s1. The zero-order valence-electron chi connectivity index (χ0n) is 22.6. The summed E-state index contributed by atoms with van der Waals surface area (Å²) in [5.41, 5.74) is 6.94. The average molecular weight is 521 g/mol. The van der Waals surface area contributed by atoms with Crippen molar-refractivity contribution < 1.29 is 9.53 Å². The van der Waals surface area contributed by atoms with Crippen LogP contribution in [0.3, 0.4) is 0 Å². The van der Waals surface area contributed by atoms with Gasteiger partial charge in [0.25, 0.3) is 5.56 Å². The number of amides is 1. The fourth-order valence-electron chi connectivity index (χ4n) is 5.54. The number of carbonyl (C=O) groups excluding carboxylic acids is 1. The van der Waals surface area contributed by atoms with Gasteiger partial charge in [0.15, 0.2) is 0 Å². The first-order valence-electron chi connectivity index (χ1n) is 13.4. The lowest BCUT2D eigenvalue weighted by molar-refractivity contribution is -0.136. The molecule has 1 aliphatic carbocycles. The van der Waals surface area contributed by atoms with E-state index in [1.807, 2.05) is 56.7 Å². The molecule has 198 valence electrons. The molecular weight excluding hydrogens is 488 g/mol. The third-order valence-electron chi connectivity index (χ3n) is 7.85. The highest BCUT2D eigenvalue weighted by Gasteiger charge is 2.26. The number of likely N-dealkylation sites (N-methyl/N-ethyl adjacent to an activating group) is 1. The Hall–Kier alpha value is -4.23. The minimum atomic E-state index is 0.0726. The van der Waals surface area contributed by atoms with Crippen LogP contribution < -0.4 is 10.3 Å². The van der Waals surface area contributed by atoms with Crippen LogP contribution in [-0.2, 0) is 18.3 Å². The molecule has 3 heterocycles. The van der Waals surface area contributed by atoms with Crippen molar-refractivity contribution in [3.63, 3.8) is 0 Å². The molecule has 0 saturated carbocycles. The average Bonchev–Trinajstić information content (AvgIpc) is 3.44. The third-order valence-corrected chi connectivity index (χ3v) is 7.85. The molecule has 1 atom stereocenters. The van der Waals surface area contributed by atoms with Crippen molar-refractivity contribution in [2.75, 3.05) is 33.3 Å². The van der Waals surface area contributed by atoms with Gasteiger partial charge in [0.2, 0.25) is 5.91 Å². The summed E-state index contributed by atoms with van der Waals surface area (Å²) in [7, 11) is 3.67. The number of nitrogens with zero attached hydrogens (tertiary/aromatic N) is 4. The Morgan fingerprint density at radius 3 is 2.62 bits per heavy atom. The quantitative estimate of drug-likeness (QED) is 0.378. The summed E-state index contributed by atoms with van der Waals surface area (Å²) in [5, 5.41) is 1.05. The largest absolute Gasteiger partial charge is 0.492 e. The van der Waals surface area contributed by atoms with E-state index in [0.29, 0.717) is 25.6 Å². The summed E-state index contributed by atoms with van der Waals surface area (Å²) in [5.74, 6) is 0.959. The lowest BCUT2D eigenvalue weighted by Gasteiger charge is -2.37. The molecule has 2 aliphatic rings. The molecule has 1 fully saturated rings. The van der Waals surface area contributed by atoms with E-state index in [0.717, 1.165) is 63.3 Å². The number of hydrogen-bond acceptors (Lipinski definition) is 5. The normalized spacial score (nSPS) is 17.2. The number of carbonyl (C=O) groups is 1. The van der Waals surface area contributed by atoms with Gasteiger partial charge in [0.05, 0.1) is 17.8 Å². The number of benzene rings is 2. The Balaban J connectivity index is 1.15. The van der Waals surface area contributed by atoms with Crippen LogP contribution in [0.15, 0.2) is 71.7 Å². The smallest absolute Gasteiger partial charge is 0.254 e. The minimum absolute atomic E-state index is 0.0726. The van der Waals surface area contributed by atoms with Crippen LogP contribution in [0.4, 0.5) is 0 Å². The van der Waals surface area contributed by atoms with Gasteiger partial charge in [-0.15, -0.1) is 0 Å². The number of hydrogen-bond donors (Lipinski definition) is 0. The zero-order valence-corrected chi connectivity index (χ0v) is 22.6. The number of aryl methyl sites for hydroxylation is 1. The molecule has 7 nitrogen and oxygen atoms in total. The van der Waals surface area contributed by atoms with Crippen LogP contribution in [0.2, 0.25) is 0 Å². The van der Waals surface area contributed by atoms with E-state index in [9.17, 15) is 9.59 Å². The summed E-state index contributed by atoms with van der Waals surface area (Å²) >= 11 is 0. The van der Waals surface area contributed by atoms with Crippen molar-refractivity contribution in [1.29, 1.82) is 0 Å². The maximum absolute atomic E-state index is 12.5. The highest BCUT2D eigenvalue weighted by Crippen LogP contribution is 2.32. The van der Waals surface area contributed by atoms with Crippen LogP contribution in [0.25, 0.3) is 39.4 Å². The van der Waals surface area contributed by atoms with Gasteiger partial charge in [-0.3, -0.25) is 14.5 Å². The van der Waals surface area contributed by atoms with Gasteiger partial charge in [-0.1, -0.05) is 24.3 Å². The molecule has 2 aromatic carbocycles. The summed E-state index contributed by atoms with van der Waals surface area (Å²) in [4.78, 5) is 33.4. The molecule has 6 rings (SSSR count). The van der Waals surface area contributed by atoms with E-state index in [-0.39, 0.29) is 11.5 Å². The number of fused-ring (bicyclic) bond motifs is 2. The molecule has 0 bridgehead atoms. The van der Waals surface area contributed by atoms with Crippen molar-refractivity contribution in [2.45, 2.75) is 19.4 Å². The van der Waals surface area contributed by atoms with E-state index in [2.05, 4.69) is 42.2 Å². The molecule has 1 aliphatic heterocycles. The predicted octanol–water partition coefficient (Wildman–Crippen LogP) is 4.38. The predicted molar refractivity (Wildman–Crippen MR) is 155 cm³/mol. The highest BCUT2D eigenvalue weighted by molar-refractivity contribution is 5.89. The van der Waals surface area contributed by atoms with Gasteiger partial charge in [0.1, 0.15) is 12.4 Å². The van der Waals surface area contributed by atoms with Gasteiger partial charge in [0, 0.05) is 61.5 Å². The second-order valence-electron chi connectivity index (χ2n) is 10.5. The Kier molecular flexibility index (Phi) is 6.53. The summed E-state index contributed by atoms with van der Waals surface area (Å²) in [6, 6.07) is 18.7. The monoisotopic (exact) mass is 520 g/mol. The maximum Gasteiger partial charge on any atom is 0.254 e. The molecule has 0 N–H and O–H groups in total. The minimum Gasteiger partial charge on any atom is -0.492 e. The van der Waals surface area contributed by atoms with Gasteiger partial charge < -0.3 is 14.2 Å². The number of allylic oxidation sites excluding steroid dienone is 1. The Bertz CT molecular complexity index is 1660. The third kappa shape index (κ3) is 4.86. The molecule has 7 heteroatoms. The van der Waals surface area contributed by atoms with Crippen molar-refractivity contribution in [3.05, 3.63) is 88.4 Å². The molecule has 2 aromatic heterocycles. The molecule has 4 aromatic rings. The van der Waals surface area contributed by atoms with E-state index < -0.39 is 0 Å². The lowest BCUT2D eigenvalue weighted by atomic mass is 9.98. The summed E-state index contributed by atoms with van der Waals surface area (Å²) < 4.78 is 7.64. The second-order valence-corrected chi connectivity index (χ2v) is 10.5. The van der Waals surface area contributed by atoms with Crippen molar-refractivity contribution in [3.8, 4) is 28.1 Å². The van der Waals surface area contributed by atoms with E-state index in [1.54, 1.807) is 9.47 Å². The fourth-order valence-corrected chi connectivity index (χ4v) is 5.54. The van der Waals surface area contributed by atoms with E-state index >= 15 is 0 Å².